The molecule has 0 heterocycles. The van der Waals surface area contributed by atoms with E-state index in [2.05, 4.69) is 31.8 Å². The molecule has 0 unspecified atom stereocenters. The van der Waals surface area contributed by atoms with Crippen molar-refractivity contribution in [3.05, 3.63) is 57.0 Å². The monoisotopic (exact) mass is 455 g/mol. The highest BCUT2D eigenvalue weighted by Crippen LogP contribution is 2.33. The molecule has 2 aromatic carbocycles. The number of benzene rings is 2. The van der Waals surface area contributed by atoms with Gasteiger partial charge in [0.25, 0.3) is 0 Å². The van der Waals surface area contributed by atoms with Crippen LogP contribution in [0.3, 0.4) is 0 Å². The molecule has 138 valence electrons. The average molecular weight is 457 g/mol. The summed E-state index contributed by atoms with van der Waals surface area (Å²) in [5.41, 5.74) is 4.59. The van der Waals surface area contributed by atoms with Gasteiger partial charge in [0.2, 0.25) is 0 Å². The molecule has 0 aliphatic rings. The largest absolute Gasteiger partial charge is 0.493 e. The molecule has 0 aromatic heterocycles. The third-order valence-electron chi connectivity index (χ3n) is 3.30. The first-order chi connectivity index (χ1) is 12.5. The minimum atomic E-state index is 0.409. The fourth-order valence-corrected chi connectivity index (χ4v) is 2.77. The molecule has 0 bridgehead atoms. The second-order valence-corrected chi connectivity index (χ2v) is 6.87. The Morgan fingerprint density at radius 3 is 2.65 bits per heavy atom. The summed E-state index contributed by atoms with van der Waals surface area (Å²) in [6.07, 6.45) is 1.65. The summed E-state index contributed by atoms with van der Waals surface area (Å²) in [6, 6.07) is 11.2. The Kier molecular flexibility index (Phi) is 8.15. The van der Waals surface area contributed by atoms with E-state index in [1.807, 2.05) is 43.3 Å². The number of nitrogens with one attached hydrogen (secondary N) is 2. The Hall–Kier alpha value is -1.83. The van der Waals surface area contributed by atoms with Gasteiger partial charge in [-0.15, -0.1) is 0 Å². The molecule has 2 N–H and O–H groups in total. The third kappa shape index (κ3) is 6.16. The van der Waals surface area contributed by atoms with Crippen molar-refractivity contribution in [2.24, 2.45) is 5.10 Å². The van der Waals surface area contributed by atoms with Crippen LogP contribution in [0.4, 0.5) is 0 Å². The molecule has 5 nitrogen and oxygen atoms in total. The number of halogens is 2. The Balaban J connectivity index is 2.08. The van der Waals surface area contributed by atoms with E-state index in [0.717, 1.165) is 22.1 Å². The fraction of sp³-hybridized carbons (Fsp3) is 0.222. The second-order valence-electron chi connectivity index (χ2n) is 5.17. The molecular formula is C18H19BrClN3O2S. The van der Waals surface area contributed by atoms with Crippen LogP contribution in [0, 0.1) is 0 Å². The number of hydrogen-bond acceptors (Lipinski definition) is 4. The van der Waals surface area contributed by atoms with Crippen LogP contribution in [-0.2, 0) is 6.61 Å². The van der Waals surface area contributed by atoms with Gasteiger partial charge < -0.3 is 14.8 Å². The molecule has 0 atom stereocenters. The normalized spacial score (nSPS) is 10.6. The Morgan fingerprint density at radius 2 is 2.00 bits per heavy atom. The Labute approximate surface area is 171 Å². The van der Waals surface area contributed by atoms with Crippen LogP contribution in [-0.4, -0.2) is 25.0 Å². The van der Waals surface area contributed by atoms with E-state index in [4.69, 9.17) is 33.3 Å². The van der Waals surface area contributed by atoms with Crippen molar-refractivity contribution in [2.45, 2.75) is 13.5 Å². The maximum Gasteiger partial charge on any atom is 0.186 e. The molecule has 8 heteroatoms. The lowest BCUT2D eigenvalue weighted by molar-refractivity contribution is 0.284. The molecule has 26 heavy (non-hydrogen) atoms. The zero-order chi connectivity index (χ0) is 18.9. The summed E-state index contributed by atoms with van der Waals surface area (Å²) in [6.45, 7) is 3.10. The molecule has 0 fully saturated rings. The molecule has 2 aromatic rings. The van der Waals surface area contributed by atoms with E-state index in [1.165, 1.54) is 0 Å². The van der Waals surface area contributed by atoms with Crippen LogP contribution in [0.15, 0.2) is 46.0 Å². The molecule has 0 spiro atoms. The first-order valence-corrected chi connectivity index (χ1v) is 9.43. The topological polar surface area (TPSA) is 54.9 Å². The van der Waals surface area contributed by atoms with Crippen LogP contribution in [0.5, 0.6) is 11.5 Å². The first kappa shape index (κ1) is 20.5. The van der Waals surface area contributed by atoms with Gasteiger partial charge in [0, 0.05) is 21.6 Å². The van der Waals surface area contributed by atoms with Crippen molar-refractivity contribution in [3.8, 4) is 11.5 Å². The Bertz CT molecular complexity index is 785. The number of thiocarbonyl (C=S) groups is 1. The standard InChI is InChI=1S/C18H19BrClN3O2S/c1-3-21-18(26)23-22-10-13-8-16(24-2)17(9-15(13)19)25-11-12-4-6-14(20)7-5-12/h4-10H,3,11H2,1-2H3,(H2,21,23,26)/b22-10-. The van der Waals surface area contributed by atoms with Crippen molar-refractivity contribution in [1.82, 2.24) is 10.7 Å². The summed E-state index contributed by atoms with van der Waals surface area (Å²) >= 11 is 14.5. The van der Waals surface area contributed by atoms with E-state index in [0.29, 0.717) is 28.2 Å². The van der Waals surface area contributed by atoms with E-state index in [-0.39, 0.29) is 0 Å². The quantitative estimate of drug-likeness (QED) is 0.365. The summed E-state index contributed by atoms with van der Waals surface area (Å²) in [7, 11) is 1.60. The zero-order valence-corrected chi connectivity index (χ0v) is 17.5. The number of ether oxygens (including phenoxy) is 2. The number of hydrazone groups is 1. The van der Waals surface area contributed by atoms with Crippen molar-refractivity contribution < 1.29 is 9.47 Å². The molecule has 0 saturated heterocycles. The highest BCUT2D eigenvalue weighted by atomic mass is 79.9. The van der Waals surface area contributed by atoms with Crippen LogP contribution in [0.25, 0.3) is 0 Å². The van der Waals surface area contributed by atoms with Gasteiger partial charge in [-0.2, -0.15) is 5.10 Å². The number of nitrogens with zero attached hydrogens (tertiary/aromatic N) is 1. The van der Waals surface area contributed by atoms with Crippen LogP contribution in [0.1, 0.15) is 18.1 Å². The van der Waals surface area contributed by atoms with Gasteiger partial charge in [0.05, 0.1) is 13.3 Å². The summed E-state index contributed by atoms with van der Waals surface area (Å²) in [5.74, 6) is 1.24. The number of methoxy groups -OCH3 is 1. The van der Waals surface area contributed by atoms with E-state index in [1.54, 1.807) is 13.3 Å². The van der Waals surface area contributed by atoms with Gasteiger partial charge in [-0.1, -0.05) is 23.7 Å². The zero-order valence-electron chi connectivity index (χ0n) is 14.4. The lowest BCUT2D eigenvalue weighted by Crippen LogP contribution is -2.31. The molecule has 0 amide bonds. The molecular weight excluding hydrogens is 438 g/mol. The van der Waals surface area contributed by atoms with Gasteiger partial charge in [-0.3, -0.25) is 5.43 Å². The van der Waals surface area contributed by atoms with Gasteiger partial charge in [-0.05, 0) is 64.9 Å². The van der Waals surface area contributed by atoms with Crippen molar-refractivity contribution >= 4 is 51.1 Å². The summed E-state index contributed by atoms with van der Waals surface area (Å²) in [4.78, 5) is 0. The second kappa shape index (κ2) is 10.4. The van der Waals surface area contributed by atoms with E-state index < -0.39 is 0 Å². The van der Waals surface area contributed by atoms with E-state index >= 15 is 0 Å². The maximum atomic E-state index is 5.90. The minimum absolute atomic E-state index is 0.409. The number of rotatable bonds is 7. The Morgan fingerprint density at radius 1 is 1.27 bits per heavy atom. The summed E-state index contributed by atoms with van der Waals surface area (Å²) < 4.78 is 12.1. The van der Waals surface area contributed by atoms with Gasteiger partial charge in [0.1, 0.15) is 6.61 Å². The van der Waals surface area contributed by atoms with Crippen LogP contribution in [0.2, 0.25) is 5.02 Å². The fourth-order valence-electron chi connectivity index (χ4n) is 2.02. The molecule has 0 aliphatic heterocycles. The first-order valence-electron chi connectivity index (χ1n) is 7.85. The maximum absolute atomic E-state index is 5.90. The summed E-state index contributed by atoms with van der Waals surface area (Å²) in [5, 5.41) is 8.23. The number of hydrogen-bond donors (Lipinski definition) is 2. The lowest BCUT2D eigenvalue weighted by Gasteiger charge is -2.13. The minimum Gasteiger partial charge on any atom is -0.493 e. The van der Waals surface area contributed by atoms with Crippen LogP contribution < -0.4 is 20.2 Å². The molecule has 0 aliphatic carbocycles. The highest BCUT2D eigenvalue weighted by molar-refractivity contribution is 9.10. The lowest BCUT2D eigenvalue weighted by atomic mass is 10.2. The van der Waals surface area contributed by atoms with Crippen molar-refractivity contribution in [2.75, 3.05) is 13.7 Å². The SMILES string of the molecule is CCNC(=S)N/N=C\c1cc(OC)c(OCc2ccc(Cl)cc2)cc1Br. The van der Waals surface area contributed by atoms with Gasteiger partial charge in [0.15, 0.2) is 16.6 Å². The third-order valence-corrected chi connectivity index (χ3v) is 4.47. The molecule has 0 saturated carbocycles. The predicted molar refractivity (Wildman–Crippen MR) is 113 cm³/mol. The molecule has 0 radical (unpaired) electrons. The van der Waals surface area contributed by atoms with E-state index in [9.17, 15) is 0 Å². The average Bonchev–Trinajstić information content (AvgIpc) is 2.63. The van der Waals surface area contributed by atoms with Crippen molar-refractivity contribution in [1.29, 1.82) is 0 Å². The van der Waals surface area contributed by atoms with Crippen molar-refractivity contribution in [3.63, 3.8) is 0 Å². The molecule has 2 rings (SSSR count). The van der Waals surface area contributed by atoms with Gasteiger partial charge >= 0.3 is 0 Å². The van der Waals surface area contributed by atoms with Crippen LogP contribution >= 0.6 is 39.7 Å². The highest BCUT2D eigenvalue weighted by Gasteiger charge is 2.10. The predicted octanol–water partition coefficient (Wildman–Crippen LogP) is 4.51. The van der Waals surface area contributed by atoms with Gasteiger partial charge in [-0.25, -0.2) is 0 Å². The smallest absolute Gasteiger partial charge is 0.186 e.